The van der Waals surface area contributed by atoms with Crippen LogP contribution in [0, 0.1) is 5.92 Å². The van der Waals surface area contributed by atoms with Crippen molar-refractivity contribution in [3.05, 3.63) is 24.3 Å². The summed E-state index contributed by atoms with van der Waals surface area (Å²) in [4.78, 5) is 27.6. The van der Waals surface area contributed by atoms with Crippen molar-refractivity contribution in [2.75, 3.05) is 23.8 Å². The van der Waals surface area contributed by atoms with Crippen molar-refractivity contribution in [2.24, 2.45) is 5.92 Å². The van der Waals surface area contributed by atoms with Crippen LogP contribution in [0.1, 0.15) is 40.0 Å². The second-order valence-corrected chi connectivity index (χ2v) is 6.56. The molecular formula is C18H27N3O2. The fourth-order valence-electron chi connectivity index (χ4n) is 3.07. The van der Waals surface area contributed by atoms with Crippen LogP contribution in [0.4, 0.5) is 16.2 Å². The molecule has 1 aliphatic rings. The molecule has 2 rings (SSSR count). The summed E-state index contributed by atoms with van der Waals surface area (Å²) in [6, 6.07) is 7.63. The Labute approximate surface area is 138 Å². The summed E-state index contributed by atoms with van der Waals surface area (Å²) in [5, 5.41) is 2.98. The Morgan fingerprint density at radius 3 is 2.70 bits per heavy atom. The summed E-state index contributed by atoms with van der Waals surface area (Å²) in [7, 11) is 1.72. The molecule has 23 heavy (non-hydrogen) atoms. The van der Waals surface area contributed by atoms with E-state index in [4.69, 9.17) is 0 Å². The number of rotatable bonds is 3. The van der Waals surface area contributed by atoms with Crippen LogP contribution in [-0.4, -0.2) is 36.5 Å². The van der Waals surface area contributed by atoms with Gasteiger partial charge in [-0.05, 0) is 43.4 Å². The third-order valence-electron chi connectivity index (χ3n) is 4.54. The van der Waals surface area contributed by atoms with Gasteiger partial charge in [-0.15, -0.1) is 0 Å². The van der Waals surface area contributed by atoms with Crippen LogP contribution in [0.15, 0.2) is 24.3 Å². The lowest BCUT2D eigenvalue weighted by Gasteiger charge is -2.38. The monoisotopic (exact) mass is 317 g/mol. The Morgan fingerprint density at radius 1 is 1.30 bits per heavy atom. The maximum atomic E-state index is 12.6. The van der Waals surface area contributed by atoms with Crippen molar-refractivity contribution in [1.29, 1.82) is 0 Å². The molecule has 5 nitrogen and oxygen atoms in total. The van der Waals surface area contributed by atoms with Crippen molar-refractivity contribution in [3.63, 3.8) is 0 Å². The first-order valence-electron chi connectivity index (χ1n) is 8.32. The molecule has 0 radical (unpaired) electrons. The highest BCUT2D eigenvalue weighted by molar-refractivity contribution is 5.93. The summed E-state index contributed by atoms with van der Waals surface area (Å²) in [6.45, 7) is 6.66. The van der Waals surface area contributed by atoms with Crippen LogP contribution >= 0.6 is 0 Å². The van der Waals surface area contributed by atoms with Crippen molar-refractivity contribution in [3.8, 4) is 0 Å². The number of anilines is 2. The predicted molar refractivity (Wildman–Crippen MR) is 93.7 cm³/mol. The summed E-state index contributed by atoms with van der Waals surface area (Å²) in [5.41, 5.74) is 1.49. The van der Waals surface area contributed by atoms with Gasteiger partial charge in [0.25, 0.3) is 0 Å². The molecule has 1 fully saturated rings. The first kappa shape index (κ1) is 17.3. The normalized spacial score (nSPS) is 18.0. The number of carbonyl (C=O) groups excluding carboxylic acids is 2. The Hall–Kier alpha value is -2.04. The second-order valence-electron chi connectivity index (χ2n) is 6.56. The minimum Gasteiger partial charge on any atom is -0.321 e. The number of likely N-dealkylation sites (tertiary alicyclic amines) is 1. The smallest absolute Gasteiger partial charge is 0.321 e. The molecule has 0 aliphatic carbocycles. The van der Waals surface area contributed by atoms with Crippen molar-refractivity contribution in [1.82, 2.24) is 4.90 Å². The molecule has 1 heterocycles. The molecule has 1 saturated heterocycles. The quantitative estimate of drug-likeness (QED) is 0.924. The van der Waals surface area contributed by atoms with Crippen molar-refractivity contribution >= 4 is 23.3 Å². The van der Waals surface area contributed by atoms with Gasteiger partial charge in [0.05, 0.1) is 0 Å². The van der Waals surface area contributed by atoms with Gasteiger partial charge in [0.15, 0.2) is 0 Å². The minimum absolute atomic E-state index is 0.0376. The fraction of sp³-hybridized carbons (Fsp3) is 0.556. The van der Waals surface area contributed by atoms with Crippen LogP contribution in [0.3, 0.4) is 0 Å². The van der Waals surface area contributed by atoms with Gasteiger partial charge in [-0.1, -0.05) is 19.9 Å². The molecular weight excluding hydrogens is 290 g/mol. The van der Waals surface area contributed by atoms with Crippen LogP contribution in [0.2, 0.25) is 0 Å². The lowest BCUT2D eigenvalue weighted by Crippen LogP contribution is -2.48. The van der Waals surface area contributed by atoms with E-state index in [1.807, 2.05) is 29.2 Å². The lowest BCUT2D eigenvalue weighted by molar-refractivity contribution is -0.116. The van der Waals surface area contributed by atoms with Gasteiger partial charge in [0.2, 0.25) is 5.91 Å². The number of amides is 3. The van der Waals surface area contributed by atoms with E-state index in [2.05, 4.69) is 19.2 Å². The zero-order valence-electron chi connectivity index (χ0n) is 14.5. The van der Waals surface area contributed by atoms with Crippen LogP contribution in [0.25, 0.3) is 0 Å². The molecule has 1 N–H and O–H groups in total. The summed E-state index contributed by atoms with van der Waals surface area (Å²) in [6.07, 6.45) is 3.31. The lowest BCUT2D eigenvalue weighted by atomic mass is 9.93. The molecule has 0 bridgehead atoms. The third-order valence-corrected chi connectivity index (χ3v) is 4.54. The van der Waals surface area contributed by atoms with Crippen molar-refractivity contribution < 1.29 is 9.59 Å². The zero-order valence-corrected chi connectivity index (χ0v) is 14.5. The summed E-state index contributed by atoms with van der Waals surface area (Å²) < 4.78 is 0. The van der Waals surface area contributed by atoms with Gasteiger partial charge in [-0.3, -0.25) is 4.79 Å². The molecule has 0 saturated carbocycles. The van der Waals surface area contributed by atoms with Crippen molar-refractivity contribution in [2.45, 2.75) is 46.1 Å². The largest absolute Gasteiger partial charge is 0.322 e. The predicted octanol–water partition coefficient (Wildman–Crippen LogP) is 3.71. The Balaban J connectivity index is 2.10. The number of benzene rings is 1. The van der Waals surface area contributed by atoms with E-state index in [1.165, 1.54) is 13.3 Å². The molecule has 1 aliphatic heterocycles. The molecule has 1 aromatic rings. The van der Waals surface area contributed by atoms with Gasteiger partial charge in [-0.2, -0.15) is 0 Å². The number of hydrogen-bond acceptors (Lipinski definition) is 2. The maximum Gasteiger partial charge on any atom is 0.322 e. The van der Waals surface area contributed by atoms with Gasteiger partial charge in [-0.25, -0.2) is 4.79 Å². The van der Waals surface area contributed by atoms with Gasteiger partial charge < -0.3 is 15.1 Å². The fourth-order valence-corrected chi connectivity index (χ4v) is 3.07. The third kappa shape index (κ3) is 4.24. The molecule has 126 valence electrons. The molecule has 1 unspecified atom stereocenters. The number of piperidine rings is 1. The van der Waals surface area contributed by atoms with Crippen LogP contribution in [-0.2, 0) is 4.79 Å². The Bertz CT molecular complexity index is 571. The molecule has 5 heteroatoms. The number of nitrogens with one attached hydrogen (secondary N) is 1. The summed E-state index contributed by atoms with van der Waals surface area (Å²) >= 11 is 0. The second kappa shape index (κ2) is 7.49. The minimum atomic E-state index is -0.0500. The highest BCUT2D eigenvalue weighted by atomic mass is 16.2. The highest BCUT2D eigenvalue weighted by Gasteiger charge is 2.28. The first-order valence-corrected chi connectivity index (χ1v) is 8.32. The topological polar surface area (TPSA) is 52.7 Å². The van der Waals surface area contributed by atoms with E-state index in [-0.39, 0.29) is 11.9 Å². The molecule has 1 atom stereocenters. The van der Waals surface area contributed by atoms with Gasteiger partial charge in [0.1, 0.15) is 0 Å². The summed E-state index contributed by atoms with van der Waals surface area (Å²) in [5.74, 6) is 0.417. The average Bonchev–Trinajstić information content (AvgIpc) is 2.54. The number of carbonyl (C=O) groups is 2. The number of hydrogen-bond donors (Lipinski definition) is 1. The zero-order chi connectivity index (χ0) is 17.0. The average molecular weight is 317 g/mol. The number of nitrogens with zero attached hydrogens (tertiary/aromatic N) is 2. The molecule has 0 spiro atoms. The van der Waals surface area contributed by atoms with Gasteiger partial charge >= 0.3 is 6.03 Å². The van der Waals surface area contributed by atoms with Crippen LogP contribution in [0.5, 0.6) is 0 Å². The van der Waals surface area contributed by atoms with E-state index < -0.39 is 0 Å². The maximum absolute atomic E-state index is 12.6. The van der Waals surface area contributed by atoms with Crippen LogP contribution < -0.4 is 10.2 Å². The first-order chi connectivity index (χ1) is 10.9. The molecule has 0 aromatic heterocycles. The van der Waals surface area contributed by atoms with E-state index >= 15 is 0 Å². The van der Waals surface area contributed by atoms with E-state index in [0.29, 0.717) is 17.6 Å². The van der Waals surface area contributed by atoms with E-state index in [1.54, 1.807) is 11.9 Å². The van der Waals surface area contributed by atoms with E-state index in [9.17, 15) is 9.59 Å². The highest BCUT2D eigenvalue weighted by Crippen LogP contribution is 2.25. The molecule has 3 amide bonds. The van der Waals surface area contributed by atoms with Gasteiger partial charge in [0, 0.05) is 37.9 Å². The standard InChI is InChI=1S/C18H27N3O2/c1-13(2)17-10-5-6-11-21(17)18(23)19-15-8-7-9-16(12-15)20(4)14(3)22/h7-9,12-13,17H,5-6,10-11H2,1-4H3,(H,19,23). The number of urea groups is 1. The Morgan fingerprint density at radius 2 is 2.04 bits per heavy atom. The van der Waals surface area contributed by atoms with E-state index in [0.717, 1.165) is 25.1 Å². The Kier molecular flexibility index (Phi) is 5.64. The molecule has 1 aromatic carbocycles. The SMILES string of the molecule is CC(=O)N(C)c1cccc(NC(=O)N2CCCCC2C(C)C)c1.